The monoisotopic (exact) mass is 729 g/mol. The number of amides is 6. The Balaban J connectivity index is 3.33. The van der Waals surface area contributed by atoms with Crippen molar-refractivity contribution in [2.75, 3.05) is 26.2 Å². The molecule has 0 aromatic carbocycles. The fourth-order valence-corrected chi connectivity index (χ4v) is 5.13. The number of nitrogens with two attached hydrogens (primary N) is 5. The number of guanidine groups is 1. The molecule has 0 saturated carbocycles. The maximum atomic E-state index is 13.6. The predicted molar refractivity (Wildman–Crippen MR) is 179 cm³/mol. The quantitative estimate of drug-likeness (QED) is 0.0250. The summed E-state index contributed by atoms with van der Waals surface area (Å²) in [6.07, 6.45) is -0.317. The van der Waals surface area contributed by atoms with E-state index in [0.717, 1.165) is 4.90 Å². The number of nitrogens with one attached hydrogen (secondary N) is 4. The predicted octanol–water partition coefficient (Wildman–Crippen LogP) is -5.76. The Kier molecular flexibility index (Phi) is 19.5. The number of unbranched alkanes of at least 4 members (excludes halogenated alkanes) is 1. The molecule has 0 bridgehead atoms. The molecule has 0 radical (unpaired) electrons. The number of carbonyl (C=O) groups is 8. The molecule has 1 fully saturated rings. The molecule has 0 aliphatic carbocycles. The molecular weight excluding hydrogens is 678 g/mol. The number of hydrogen-bond donors (Lipinski definition) is 12. The van der Waals surface area contributed by atoms with Gasteiger partial charge in [-0.2, -0.15) is 0 Å². The molecule has 0 aromatic rings. The van der Waals surface area contributed by atoms with Gasteiger partial charge in [0.05, 0.1) is 13.0 Å². The number of aliphatic imine (C=N–C) groups is 1. The van der Waals surface area contributed by atoms with Gasteiger partial charge >= 0.3 is 11.9 Å². The van der Waals surface area contributed by atoms with E-state index >= 15 is 0 Å². The molecule has 51 heavy (non-hydrogen) atoms. The van der Waals surface area contributed by atoms with E-state index in [1.54, 1.807) is 0 Å². The number of hydrogen-bond acceptors (Lipinski definition) is 12. The Hall–Kier alpha value is -5.09. The fourth-order valence-electron chi connectivity index (χ4n) is 5.13. The topological polar surface area (TPSA) is 391 Å². The standard InChI is InChI=1S/C29H51N11O11/c30-10-2-1-5-16(36-23(45)15(31)14-41)24(46)37-17(6-3-11-35-29(33)34)25(47)39-19(13-22(43)44)26(48)38-18(8-9-21(32)42)27(49)40-12-4-7-20(40)28(50)51/h15-20,41H,1-14,30-31H2,(H2,32,42)(H,36,45)(H,37,46)(H,38,48)(H,39,47)(H,43,44)(H,50,51)(H4,33,34,35)/t15-,16-,17-,18-,19-,20-/m0/s1. The minimum Gasteiger partial charge on any atom is -0.481 e. The average molecular weight is 730 g/mol. The minimum absolute atomic E-state index is 0.0144. The van der Waals surface area contributed by atoms with Crippen LogP contribution in [-0.4, -0.2) is 136 Å². The zero-order valence-corrected chi connectivity index (χ0v) is 28.3. The van der Waals surface area contributed by atoms with Gasteiger partial charge in [0.25, 0.3) is 0 Å². The van der Waals surface area contributed by atoms with Gasteiger partial charge in [0.1, 0.15) is 36.3 Å². The van der Waals surface area contributed by atoms with Gasteiger partial charge in [0.2, 0.25) is 35.4 Å². The molecule has 22 nitrogen and oxygen atoms in total. The lowest BCUT2D eigenvalue weighted by molar-refractivity contribution is -0.150. The average Bonchev–Trinajstić information content (AvgIpc) is 3.56. The summed E-state index contributed by atoms with van der Waals surface area (Å²) in [7, 11) is 0. The van der Waals surface area contributed by atoms with Crippen molar-refractivity contribution in [2.24, 2.45) is 33.7 Å². The van der Waals surface area contributed by atoms with Crippen molar-refractivity contribution < 1.29 is 53.7 Å². The summed E-state index contributed by atoms with van der Waals surface area (Å²) in [4.78, 5) is 106. The van der Waals surface area contributed by atoms with Crippen molar-refractivity contribution in [2.45, 2.75) is 100 Å². The number of carboxylic acid groups (broad SMARTS) is 2. The lowest BCUT2D eigenvalue weighted by Gasteiger charge is -2.29. The normalized spacial score (nSPS) is 16.8. The van der Waals surface area contributed by atoms with Crippen LogP contribution in [0.25, 0.3) is 0 Å². The number of aliphatic hydroxyl groups excluding tert-OH is 1. The Bertz CT molecular complexity index is 1280. The van der Waals surface area contributed by atoms with E-state index in [9.17, 15) is 53.7 Å². The van der Waals surface area contributed by atoms with Crippen molar-refractivity contribution in [3.63, 3.8) is 0 Å². The number of aliphatic carboxylic acids is 2. The molecular formula is C29H51N11O11. The fraction of sp³-hybridized carbons (Fsp3) is 0.690. The number of carboxylic acids is 2. The van der Waals surface area contributed by atoms with Crippen LogP contribution in [0.3, 0.4) is 0 Å². The van der Waals surface area contributed by atoms with E-state index in [2.05, 4.69) is 26.3 Å². The third-order valence-electron chi connectivity index (χ3n) is 7.82. The van der Waals surface area contributed by atoms with E-state index in [1.807, 2.05) is 0 Å². The van der Waals surface area contributed by atoms with Crippen LogP contribution in [-0.2, 0) is 38.4 Å². The third kappa shape index (κ3) is 16.0. The Labute approximate surface area is 293 Å². The molecule has 1 saturated heterocycles. The molecule has 17 N–H and O–H groups in total. The van der Waals surface area contributed by atoms with Crippen LogP contribution in [0.2, 0.25) is 0 Å². The van der Waals surface area contributed by atoms with Crippen LogP contribution in [0, 0.1) is 0 Å². The van der Waals surface area contributed by atoms with E-state index in [4.69, 9.17) is 28.7 Å². The molecule has 6 amide bonds. The molecule has 1 rings (SSSR count). The van der Waals surface area contributed by atoms with Gasteiger partial charge in [0.15, 0.2) is 5.96 Å². The first-order chi connectivity index (χ1) is 24.0. The molecule has 1 heterocycles. The van der Waals surface area contributed by atoms with Gasteiger partial charge in [-0.25, -0.2) is 4.79 Å². The van der Waals surface area contributed by atoms with Crippen molar-refractivity contribution in [3.8, 4) is 0 Å². The van der Waals surface area contributed by atoms with E-state index in [-0.39, 0.29) is 57.7 Å². The van der Waals surface area contributed by atoms with Crippen LogP contribution >= 0.6 is 0 Å². The molecule has 1 aliphatic heterocycles. The van der Waals surface area contributed by atoms with Crippen molar-refractivity contribution >= 4 is 53.3 Å². The molecule has 0 unspecified atom stereocenters. The molecule has 6 atom stereocenters. The van der Waals surface area contributed by atoms with Crippen molar-refractivity contribution in [3.05, 3.63) is 0 Å². The van der Waals surface area contributed by atoms with Crippen molar-refractivity contribution in [1.82, 2.24) is 26.2 Å². The van der Waals surface area contributed by atoms with Crippen LogP contribution in [0.5, 0.6) is 0 Å². The van der Waals surface area contributed by atoms with Crippen LogP contribution in [0.4, 0.5) is 0 Å². The van der Waals surface area contributed by atoms with Gasteiger partial charge in [-0.1, -0.05) is 0 Å². The van der Waals surface area contributed by atoms with Gasteiger partial charge in [-0.15, -0.1) is 0 Å². The number of nitrogens with zero attached hydrogens (tertiary/aromatic N) is 2. The number of primary amides is 1. The Morgan fingerprint density at radius 3 is 1.84 bits per heavy atom. The SMILES string of the molecule is NCCCC[C@H](NC(=O)[C@@H](N)CO)C(=O)N[C@@H](CCCN=C(N)N)C(=O)N[C@@H](CC(=O)O)C(=O)N[C@@H](CCC(N)=O)C(=O)N1CCC[C@H]1C(=O)O. The summed E-state index contributed by atoms with van der Waals surface area (Å²) in [5, 5.41) is 37.8. The highest BCUT2D eigenvalue weighted by molar-refractivity contribution is 5.97. The van der Waals surface area contributed by atoms with E-state index < -0.39 is 103 Å². The largest absolute Gasteiger partial charge is 0.481 e. The van der Waals surface area contributed by atoms with Gasteiger partial charge < -0.3 is 70.2 Å². The zero-order valence-electron chi connectivity index (χ0n) is 28.3. The first-order valence-electron chi connectivity index (χ1n) is 16.4. The van der Waals surface area contributed by atoms with E-state index in [0.29, 0.717) is 19.3 Å². The molecule has 0 aromatic heterocycles. The number of likely N-dealkylation sites (tertiary alicyclic amines) is 1. The molecule has 288 valence electrons. The lowest BCUT2D eigenvalue weighted by atomic mass is 10.0. The summed E-state index contributed by atoms with van der Waals surface area (Å²) in [5.74, 6) is -8.60. The first kappa shape index (κ1) is 43.9. The molecule has 1 aliphatic rings. The van der Waals surface area contributed by atoms with Gasteiger partial charge in [0, 0.05) is 19.5 Å². The number of aliphatic hydroxyl groups is 1. The molecule has 0 spiro atoms. The summed E-state index contributed by atoms with van der Waals surface area (Å²) in [5.41, 5.74) is 27.1. The lowest BCUT2D eigenvalue weighted by Crippen LogP contribution is -2.59. The number of rotatable bonds is 24. The van der Waals surface area contributed by atoms with Gasteiger partial charge in [-0.05, 0) is 57.9 Å². The van der Waals surface area contributed by atoms with Crippen LogP contribution in [0.1, 0.15) is 64.2 Å². The molecule has 22 heteroatoms. The van der Waals surface area contributed by atoms with E-state index in [1.165, 1.54) is 0 Å². The highest BCUT2D eigenvalue weighted by Crippen LogP contribution is 2.20. The zero-order chi connectivity index (χ0) is 38.7. The Morgan fingerprint density at radius 2 is 1.31 bits per heavy atom. The van der Waals surface area contributed by atoms with Crippen LogP contribution in [0.15, 0.2) is 4.99 Å². The second-order valence-corrected chi connectivity index (χ2v) is 11.9. The smallest absolute Gasteiger partial charge is 0.326 e. The Morgan fingerprint density at radius 1 is 0.765 bits per heavy atom. The maximum Gasteiger partial charge on any atom is 0.326 e. The maximum absolute atomic E-state index is 13.6. The second kappa shape index (κ2) is 22.6. The summed E-state index contributed by atoms with van der Waals surface area (Å²) < 4.78 is 0. The highest BCUT2D eigenvalue weighted by Gasteiger charge is 2.39. The van der Waals surface area contributed by atoms with Crippen LogP contribution < -0.4 is 49.9 Å². The second-order valence-electron chi connectivity index (χ2n) is 11.9. The third-order valence-corrected chi connectivity index (χ3v) is 7.82. The summed E-state index contributed by atoms with van der Waals surface area (Å²) in [6, 6.07) is -8.53. The summed E-state index contributed by atoms with van der Waals surface area (Å²) >= 11 is 0. The highest BCUT2D eigenvalue weighted by atomic mass is 16.4. The minimum atomic E-state index is -1.83. The number of carbonyl (C=O) groups excluding carboxylic acids is 6. The first-order valence-corrected chi connectivity index (χ1v) is 16.4. The summed E-state index contributed by atoms with van der Waals surface area (Å²) in [6.45, 7) is -0.358. The van der Waals surface area contributed by atoms with Crippen molar-refractivity contribution in [1.29, 1.82) is 0 Å². The van der Waals surface area contributed by atoms with Gasteiger partial charge in [-0.3, -0.25) is 38.6 Å².